The summed E-state index contributed by atoms with van der Waals surface area (Å²) in [6.45, 7) is 4.37. The van der Waals surface area contributed by atoms with Gasteiger partial charge in [-0.2, -0.15) is 0 Å². The van der Waals surface area contributed by atoms with Crippen molar-refractivity contribution < 1.29 is 14.4 Å². The molecule has 3 amide bonds. The molecule has 0 aliphatic carbocycles. The molecule has 35 heavy (non-hydrogen) atoms. The van der Waals surface area contributed by atoms with Crippen molar-refractivity contribution in [3.63, 3.8) is 0 Å². The van der Waals surface area contributed by atoms with Crippen LogP contribution in [0.5, 0.6) is 0 Å². The van der Waals surface area contributed by atoms with Crippen LogP contribution in [0.3, 0.4) is 0 Å². The number of carbonyl (C=O) groups excluding carboxylic acids is 3. The topological polar surface area (TPSA) is 74.6 Å². The van der Waals surface area contributed by atoms with Gasteiger partial charge < -0.3 is 9.88 Å². The van der Waals surface area contributed by atoms with Crippen molar-refractivity contribution in [2.45, 2.75) is 20.4 Å². The number of fused-ring (bicyclic) bond motifs is 1. The van der Waals surface area contributed by atoms with E-state index in [0.29, 0.717) is 29.4 Å². The first-order valence-corrected chi connectivity index (χ1v) is 12.5. The van der Waals surface area contributed by atoms with E-state index in [1.807, 2.05) is 38.1 Å². The smallest absolute Gasteiger partial charge is 0.265 e. The Kier molecular flexibility index (Phi) is 7.39. The summed E-state index contributed by atoms with van der Waals surface area (Å²) in [5, 5.41) is 4.27. The normalized spacial score (nSPS) is 14.2. The zero-order valence-corrected chi connectivity index (χ0v) is 22.2. The summed E-state index contributed by atoms with van der Waals surface area (Å²) in [6.07, 6.45) is 3.35. The SMILES string of the molecule is CCN1C(=O)C(=Cc2cn(CC(=O)Nc3ccc(Br)cc3Cl)c3ccccc23)C(=O)N(CC)C1=S. The molecular weight excluding hydrogens is 552 g/mol. The monoisotopic (exact) mass is 572 g/mol. The van der Waals surface area contributed by atoms with Crippen LogP contribution in [0.15, 0.2) is 58.7 Å². The van der Waals surface area contributed by atoms with Crippen molar-refractivity contribution in [3.05, 3.63) is 69.3 Å². The highest BCUT2D eigenvalue weighted by Crippen LogP contribution is 2.28. The lowest BCUT2D eigenvalue weighted by Gasteiger charge is -2.35. The highest BCUT2D eigenvalue weighted by atomic mass is 79.9. The number of hydrogen-bond acceptors (Lipinski definition) is 4. The summed E-state index contributed by atoms with van der Waals surface area (Å²) in [7, 11) is 0. The van der Waals surface area contributed by atoms with E-state index in [2.05, 4.69) is 21.2 Å². The van der Waals surface area contributed by atoms with Gasteiger partial charge >= 0.3 is 0 Å². The molecule has 1 aliphatic heterocycles. The van der Waals surface area contributed by atoms with E-state index in [0.717, 1.165) is 15.4 Å². The van der Waals surface area contributed by atoms with Crippen molar-refractivity contribution in [3.8, 4) is 0 Å². The van der Waals surface area contributed by atoms with Crippen LogP contribution in [0.2, 0.25) is 5.02 Å². The van der Waals surface area contributed by atoms with Gasteiger partial charge in [0.05, 0.1) is 10.7 Å². The summed E-state index contributed by atoms with van der Waals surface area (Å²) in [5.41, 5.74) is 2.00. The number of nitrogens with one attached hydrogen (secondary N) is 1. The standard InChI is InChI=1S/C25H22BrClN4O3S/c1-3-30-23(33)18(24(34)31(4-2)25(30)35)11-15-13-29(21-8-6-5-7-17(15)21)14-22(32)28-20-10-9-16(26)12-19(20)27/h5-13H,3-4,14H2,1-2H3,(H,28,32). The Morgan fingerprint density at radius 1 is 1.09 bits per heavy atom. The number of nitrogens with zero attached hydrogens (tertiary/aromatic N) is 3. The van der Waals surface area contributed by atoms with Gasteiger partial charge in [0, 0.05) is 40.2 Å². The van der Waals surface area contributed by atoms with Crippen molar-refractivity contribution in [1.82, 2.24) is 14.4 Å². The predicted molar refractivity (Wildman–Crippen MR) is 145 cm³/mol. The van der Waals surface area contributed by atoms with Gasteiger partial charge in [-0.25, -0.2) is 0 Å². The van der Waals surface area contributed by atoms with Crippen molar-refractivity contribution >= 4 is 85.2 Å². The molecule has 0 bridgehead atoms. The first-order valence-electron chi connectivity index (χ1n) is 11.0. The number of likely N-dealkylation sites (N-methyl/N-ethyl adjacent to an activating group) is 2. The highest BCUT2D eigenvalue weighted by molar-refractivity contribution is 9.10. The average molecular weight is 574 g/mol. The van der Waals surface area contributed by atoms with Gasteiger partial charge in [0.15, 0.2) is 5.11 Å². The second-order valence-corrected chi connectivity index (χ2v) is 9.53. The van der Waals surface area contributed by atoms with E-state index < -0.39 is 11.8 Å². The van der Waals surface area contributed by atoms with Gasteiger partial charge in [-0.05, 0) is 56.4 Å². The van der Waals surface area contributed by atoms with E-state index in [4.69, 9.17) is 23.8 Å². The second kappa shape index (κ2) is 10.3. The van der Waals surface area contributed by atoms with Gasteiger partial charge in [0.1, 0.15) is 12.1 Å². The van der Waals surface area contributed by atoms with Gasteiger partial charge in [-0.3, -0.25) is 24.2 Å². The molecule has 0 atom stereocenters. The Balaban J connectivity index is 1.69. The van der Waals surface area contributed by atoms with Crippen LogP contribution < -0.4 is 5.32 Å². The maximum atomic E-state index is 13.1. The van der Waals surface area contributed by atoms with Gasteiger partial charge in [0.2, 0.25) is 5.91 Å². The van der Waals surface area contributed by atoms with Crippen LogP contribution in [0.1, 0.15) is 19.4 Å². The minimum atomic E-state index is -0.424. The molecule has 0 radical (unpaired) electrons. The fourth-order valence-electron chi connectivity index (χ4n) is 3.99. The minimum Gasteiger partial charge on any atom is -0.337 e. The maximum Gasteiger partial charge on any atom is 0.265 e. The molecule has 3 aromatic rings. The summed E-state index contributed by atoms with van der Waals surface area (Å²) >= 11 is 14.9. The summed E-state index contributed by atoms with van der Waals surface area (Å²) in [5.74, 6) is -1.11. The number of carbonyl (C=O) groups is 3. The van der Waals surface area contributed by atoms with Crippen LogP contribution in [-0.2, 0) is 20.9 Å². The molecule has 4 rings (SSSR count). The molecule has 2 aromatic carbocycles. The molecular formula is C25H22BrClN4O3S. The molecule has 1 N–H and O–H groups in total. The van der Waals surface area contributed by atoms with Gasteiger partial charge in [0.25, 0.3) is 11.8 Å². The van der Waals surface area contributed by atoms with Crippen molar-refractivity contribution in [2.24, 2.45) is 0 Å². The first kappa shape index (κ1) is 25.1. The minimum absolute atomic E-state index is 0.0181. The summed E-state index contributed by atoms with van der Waals surface area (Å²) in [6, 6.07) is 12.7. The van der Waals surface area contributed by atoms with Crippen LogP contribution >= 0.6 is 39.7 Å². The van der Waals surface area contributed by atoms with E-state index >= 15 is 0 Å². The highest BCUT2D eigenvalue weighted by Gasteiger charge is 2.38. The lowest BCUT2D eigenvalue weighted by molar-refractivity contribution is -0.133. The molecule has 180 valence electrons. The maximum absolute atomic E-state index is 13.1. The Morgan fingerprint density at radius 3 is 2.37 bits per heavy atom. The predicted octanol–water partition coefficient (Wildman–Crippen LogP) is 5.07. The number of anilines is 1. The third kappa shape index (κ3) is 4.89. The number of aromatic nitrogens is 1. The summed E-state index contributed by atoms with van der Waals surface area (Å²) in [4.78, 5) is 41.8. The Bertz CT molecular complexity index is 1370. The molecule has 0 spiro atoms. The number of rotatable bonds is 6. The molecule has 1 saturated heterocycles. The number of hydrogen-bond donors (Lipinski definition) is 1. The molecule has 1 fully saturated rings. The van der Waals surface area contributed by atoms with Crippen molar-refractivity contribution in [2.75, 3.05) is 18.4 Å². The number of halogens is 2. The molecule has 1 aromatic heterocycles. The van der Waals surface area contributed by atoms with Crippen LogP contribution in [0.4, 0.5) is 5.69 Å². The number of para-hydroxylation sites is 1. The quantitative estimate of drug-likeness (QED) is 0.254. The number of amides is 3. The Morgan fingerprint density at radius 2 is 1.74 bits per heavy atom. The number of thiocarbonyl (C=S) groups is 1. The second-order valence-electron chi connectivity index (χ2n) is 7.84. The molecule has 2 heterocycles. The molecule has 10 heteroatoms. The van der Waals surface area contributed by atoms with E-state index in [-0.39, 0.29) is 23.1 Å². The van der Waals surface area contributed by atoms with E-state index in [1.165, 1.54) is 9.80 Å². The lowest BCUT2D eigenvalue weighted by atomic mass is 10.1. The third-order valence-electron chi connectivity index (χ3n) is 5.68. The van der Waals surface area contributed by atoms with Gasteiger partial charge in [-0.1, -0.05) is 45.7 Å². The zero-order chi connectivity index (χ0) is 25.3. The molecule has 1 aliphatic rings. The molecule has 7 nitrogen and oxygen atoms in total. The van der Waals surface area contributed by atoms with E-state index in [1.54, 1.807) is 35.0 Å². The zero-order valence-electron chi connectivity index (χ0n) is 19.0. The van der Waals surface area contributed by atoms with Crippen LogP contribution in [0, 0.1) is 0 Å². The first-order chi connectivity index (χ1) is 16.7. The van der Waals surface area contributed by atoms with Crippen molar-refractivity contribution in [1.29, 1.82) is 0 Å². The van der Waals surface area contributed by atoms with Gasteiger partial charge in [-0.15, -0.1) is 0 Å². The van der Waals surface area contributed by atoms with Crippen LogP contribution in [-0.4, -0.2) is 50.3 Å². The molecule has 0 unspecified atom stereocenters. The van der Waals surface area contributed by atoms with Crippen LogP contribution in [0.25, 0.3) is 17.0 Å². The Labute approximate surface area is 221 Å². The largest absolute Gasteiger partial charge is 0.337 e. The van der Waals surface area contributed by atoms with E-state index in [9.17, 15) is 14.4 Å². The average Bonchev–Trinajstić information content (AvgIpc) is 3.16. The fraction of sp³-hybridized carbons (Fsp3) is 0.200. The third-order valence-corrected chi connectivity index (χ3v) is 6.93. The summed E-state index contributed by atoms with van der Waals surface area (Å²) < 4.78 is 2.59. The lowest BCUT2D eigenvalue weighted by Crippen LogP contribution is -2.55. The fourth-order valence-corrected chi connectivity index (χ4v) is 5.14. The molecule has 0 saturated carbocycles. The Hall–Kier alpha value is -3.01. The number of benzene rings is 2.